The summed E-state index contributed by atoms with van der Waals surface area (Å²) in [6, 6.07) is 17.4. The second kappa shape index (κ2) is 7.95. The van der Waals surface area contributed by atoms with Crippen molar-refractivity contribution >= 4 is 5.91 Å². The van der Waals surface area contributed by atoms with Crippen molar-refractivity contribution in [2.45, 2.75) is 71.0 Å². The number of carbonyl (C=O) groups excluding carboxylic acids is 1. The van der Waals surface area contributed by atoms with Gasteiger partial charge < -0.3 is 5.32 Å². The molecule has 2 aromatic rings. The lowest BCUT2D eigenvalue weighted by Crippen LogP contribution is -2.53. The second-order valence-electron chi connectivity index (χ2n) is 9.46. The number of hydrogen-bond acceptors (Lipinski definition) is 2. The van der Waals surface area contributed by atoms with Gasteiger partial charge in [0.05, 0.1) is 6.04 Å². The quantitative estimate of drug-likeness (QED) is 0.713. The standard InChI is InChI=1S/C26H34N2O/c1-18(2)17-28-22-13-15-26(28,16-14-22)24(21-11-6-5-7-12-21)27-25(29)23-19(3)9-8-10-20(23)4/h5-12,18,22,24H,13-17H2,1-4H3,(H,27,29)/t22?,24-,26?/m1/s1. The zero-order valence-corrected chi connectivity index (χ0v) is 18.2. The molecule has 3 nitrogen and oxygen atoms in total. The number of nitrogens with one attached hydrogen (secondary N) is 1. The SMILES string of the molecule is Cc1cccc(C)c1C(=O)N[C@H](c1ccccc1)C12CCC(CC1)N2CC(C)C. The third kappa shape index (κ3) is 3.61. The van der Waals surface area contributed by atoms with Gasteiger partial charge in [-0.1, -0.05) is 62.4 Å². The minimum absolute atomic E-state index is 0.0152. The van der Waals surface area contributed by atoms with Crippen molar-refractivity contribution in [2.75, 3.05) is 6.54 Å². The Morgan fingerprint density at radius 3 is 2.24 bits per heavy atom. The van der Waals surface area contributed by atoms with Crippen LogP contribution in [0.15, 0.2) is 48.5 Å². The van der Waals surface area contributed by atoms with E-state index in [1.54, 1.807) is 0 Å². The molecule has 2 saturated heterocycles. The predicted molar refractivity (Wildman–Crippen MR) is 119 cm³/mol. The van der Waals surface area contributed by atoms with Crippen LogP contribution in [-0.2, 0) is 0 Å². The van der Waals surface area contributed by atoms with Gasteiger partial charge in [-0.15, -0.1) is 0 Å². The number of benzene rings is 2. The number of nitrogens with zero attached hydrogens (tertiary/aromatic N) is 1. The van der Waals surface area contributed by atoms with E-state index in [9.17, 15) is 4.79 Å². The number of rotatable bonds is 6. The first kappa shape index (κ1) is 20.2. The van der Waals surface area contributed by atoms with E-state index in [1.165, 1.54) is 18.4 Å². The Bertz CT molecular complexity index is 845. The van der Waals surface area contributed by atoms with Crippen LogP contribution in [0.2, 0.25) is 0 Å². The molecule has 2 aliphatic heterocycles. The first-order valence-corrected chi connectivity index (χ1v) is 11.1. The summed E-state index contributed by atoms with van der Waals surface area (Å²) in [6.07, 6.45) is 4.82. The van der Waals surface area contributed by atoms with E-state index < -0.39 is 0 Å². The second-order valence-corrected chi connectivity index (χ2v) is 9.46. The van der Waals surface area contributed by atoms with Crippen molar-refractivity contribution in [2.24, 2.45) is 5.92 Å². The third-order valence-electron chi connectivity index (χ3n) is 7.05. The molecule has 4 rings (SSSR count). The zero-order valence-electron chi connectivity index (χ0n) is 18.2. The van der Waals surface area contributed by atoms with Crippen molar-refractivity contribution in [3.05, 3.63) is 70.8 Å². The van der Waals surface area contributed by atoms with Gasteiger partial charge in [-0.3, -0.25) is 9.69 Å². The van der Waals surface area contributed by atoms with E-state index in [1.807, 2.05) is 32.0 Å². The van der Waals surface area contributed by atoms with Crippen molar-refractivity contribution < 1.29 is 4.79 Å². The number of carbonyl (C=O) groups is 1. The predicted octanol–water partition coefficient (Wildman–Crippen LogP) is 5.43. The highest BCUT2D eigenvalue weighted by Gasteiger charge is 2.56. The molecule has 0 unspecified atom stereocenters. The number of aryl methyl sites for hydroxylation is 2. The van der Waals surface area contributed by atoms with Crippen LogP contribution in [-0.4, -0.2) is 28.9 Å². The zero-order chi connectivity index (χ0) is 20.6. The smallest absolute Gasteiger partial charge is 0.252 e. The van der Waals surface area contributed by atoms with E-state index in [0.29, 0.717) is 12.0 Å². The van der Waals surface area contributed by atoms with Crippen LogP contribution in [0.3, 0.4) is 0 Å². The molecule has 2 bridgehead atoms. The van der Waals surface area contributed by atoms with Gasteiger partial charge in [0, 0.05) is 23.7 Å². The summed E-state index contributed by atoms with van der Waals surface area (Å²) in [4.78, 5) is 16.2. The maximum absolute atomic E-state index is 13.5. The molecule has 1 amide bonds. The molecule has 0 saturated carbocycles. The fourth-order valence-electron chi connectivity index (χ4n) is 5.79. The summed E-state index contributed by atoms with van der Waals surface area (Å²) in [7, 11) is 0. The Balaban J connectivity index is 1.73. The molecule has 0 aliphatic carbocycles. The molecule has 0 aromatic heterocycles. The molecule has 154 valence electrons. The van der Waals surface area contributed by atoms with Crippen molar-refractivity contribution in [3.63, 3.8) is 0 Å². The molecule has 2 aromatic carbocycles. The lowest BCUT2D eigenvalue weighted by atomic mass is 9.78. The Kier molecular flexibility index (Phi) is 5.52. The van der Waals surface area contributed by atoms with Crippen LogP contribution in [0.5, 0.6) is 0 Å². The maximum Gasteiger partial charge on any atom is 0.252 e. The van der Waals surface area contributed by atoms with Crippen LogP contribution in [0.1, 0.15) is 72.6 Å². The largest absolute Gasteiger partial charge is 0.343 e. The minimum atomic E-state index is 0.0152. The number of fused-ring (bicyclic) bond motifs is 2. The Labute approximate surface area is 175 Å². The van der Waals surface area contributed by atoms with Crippen LogP contribution in [0.25, 0.3) is 0 Å². The van der Waals surface area contributed by atoms with Crippen molar-refractivity contribution in [1.29, 1.82) is 0 Å². The monoisotopic (exact) mass is 390 g/mol. The molecule has 2 aliphatic rings. The Morgan fingerprint density at radius 1 is 1.03 bits per heavy atom. The highest BCUT2D eigenvalue weighted by molar-refractivity contribution is 5.97. The summed E-state index contributed by atoms with van der Waals surface area (Å²) in [6.45, 7) is 9.78. The minimum Gasteiger partial charge on any atom is -0.343 e. The van der Waals surface area contributed by atoms with E-state index >= 15 is 0 Å². The first-order valence-electron chi connectivity index (χ1n) is 11.1. The van der Waals surface area contributed by atoms with Crippen LogP contribution < -0.4 is 5.32 Å². The fraction of sp³-hybridized carbons (Fsp3) is 0.500. The van der Waals surface area contributed by atoms with Crippen LogP contribution >= 0.6 is 0 Å². The van der Waals surface area contributed by atoms with Gasteiger partial charge in [0.1, 0.15) is 0 Å². The molecule has 2 heterocycles. The molecule has 3 heteroatoms. The maximum atomic E-state index is 13.5. The van der Waals surface area contributed by atoms with E-state index in [2.05, 4.69) is 54.4 Å². The molecule has 2 fully saturated rings. The summed E-state index contributed by atoms with van der Waals surface area (Å²) < 4.78 is 0. The van der Waals surface area contributed by atoms with E-state index in [-0.39, 0.29) is 17.5 Å². The van der Waals surface area contributed by atoms with Crippen LogP contribution in [0, 0.1) is 19.8 Å². The van der Waals surface area contributed by atoms with Gasteiger partial charge in [0.15, 0.2) is 0 Å². The molecule has 1 N–H and O–H groups in total. The summed E-state index contributed by atoms with van der Waals surface area (Å²) in [5.74, 6) is 0.683. The summed E-state index contributed by atoms with van der Waals surface area (Å²) in [5.41, 5.74) is 4.17. The van der Waals surface area contributed by atoms with Gasteiger partial charge in [-0.2, -0.15) is 0 Å². The molecule has 0 radical (unpaired) electrons. The van der Waals surface area contributed by atoms with Gasteiger partial charge in [0.25, 0.3) is 5.91 Å². The average molecular weight is 391 g/mol. The lowest BCUT2D eigenvalue weighted by Gasteiger charge is -2.43. The van der Waals surface area contributed by atoms with Crippen LogP contribution in [0.4, 0.5) is 0 Å². The topological polar surface area (TPSA) is 32.3 Å². The summed E-state index contributed by atoms with van der Waals surface area (Å²) >= 11 is 0. The van der Waals surface area contributed by atoms with Gasteiger partial charge in [-0.05, 0) is 62.1 Å². The fourth-order valence-corrected chi connectivity index (χ4v) is 5.79. The first-order chi connectivity index (χ1) is 13.9. The molecular weight excluding hydrogens is 356 g/mol. The average Bonchev–Trinajstić information content (AvgIpc) is 3.21. The highest BCUT2D eigenvalue weighted by atomic mass is 16.1. The highest BCUT2D eigenvalue weighted by Crippen LogP contribution is 2.53. The van der Waals surface area contributed by atoms with Gasteiger partial charge in [0.2, 0.25) is 0 Å². The number of amides is 1. The molecule has 1 atom stereocenters. The normalized spacial score (nSPS) is 24.8. The van der Waals surface area contributed by atoms with Crippen molar-refractivity contribution in [3.8, 4) is 0 Å². The Morgan fingerprint density at radius 2 is 1.66 bits per heavy atom. The third-order valence-corrected chi connectivity index (χ3v) is 7.05. The molecule has 0 spiro atoms. The van der Waals surface area contributed by atoms with E-state index in [0.717, 1.165) is 36.1 Å². The lowest BCUT2D eigenvalue weighted by molar-refractivity contribution is 0.0742. The Hall–Kier alpha value is -2.13. The molecule has 29 heavy (non-hydrogen) atoms. The van der Waals surface area contributed by atoms with Crippen molar-refractivity contribution in [1.82, 2.24) is 10.2 Å². The molecular formula is C26H34N2O. The summed E-state index contributed by atoms with van der Waals surface area (Å²) in [5, 5.41) is 3.51. The van der Waals surface area contributed by atoms with Gasteiger partial charge in [-0.25, -0.2) is 0 Å². The van der Waals surface area contributed by atoms with E-state index in [4.69, 9.17) is 0 Å². The number of hydrogen-bond donors (Lipinski definition) is 1. The van der Waals surface area contributed by atoms with Gasteiger partial charge >= 0.3 is 0 Å².